The number of rotatable bonds is 4. The SMILES string of the molecule is COC(=O)CC1C(C)(C)C(OC(C)=O)C2(O)C(=O)C1(C)C1CCC3(C)C(c4ccoc4)OC(=O)CC3C13OC23. The van der Waals surface area contributed by atoms with Crippen LogP contribution in [0.3, 0.4) is 0 Å². The van der Waals surface area contributed by atoms with Gasteiger partial charge in [0.1, 0.15) is 23.9 Å². The van der Waals surface area contributed by atoms with Crippen LogP contribution in [0.25, 0.3) is 0 Å². The van der Waals surface area contributed by atoms with Crippen molar-refractivity contribution in [2.24, 2.45) is 34.0 Å². The Bertz CT molecular complexity index is 1250. The lowest BCUT2D eigenvalue weighted by Gasteiger charge is -2.66. The highest BCUT2D eigenvalue weighted by Gasteiger charge is 2.90. The highest BCUT2D eigenvalue weighted by atomic mass is 16.6. The molecule has 1 aromatic heterocycles. The third kappa shape index (κ3) is 3.05. The number of aliphatic hydroxyl groups is 1. The van der Waals surface area contributed by atoms with Gasteiger partial charge in [0.05, 0.1) is 26.1 Å². The molecule has 3 aliphatic carbocycles. The average molecular weight is 545 g/mol. The van der Waals surface area contributed by atoms with Crippen LogP contribution >= 0.6 is 0 Å². The zero-order chi connectivity index (χ0) is 28.3. The molecule has 5 aliphatic rings. The first-order valence-corrected chi connectivity index (χ1v) is 13.6. The third-order valence-corrected chi connectivity index (χ3v) is 11.2. The summed E-state index contributed by atoms with van der Waals surface area (Å²) in [6.07, 6.45) is 1.42. The van der Waals surface area contributed by atoms with Crippen molar-refractivity contribution in [3.05, 3.63) is 24.2 Å². The molecule has 0 aromatic carbocycles. The number of esters is 3. The highest BCUT2D eigenvalue weighted by Crippen LogP contribution is 2.78. The van der Waals surface area contributed by atoms with E-state index < -0.39 is 81.3 Å². The molecule has 212 valence electrons. The van der Waals surface area contributed by atoms with Crippen LogP contribution in [-0.2, 0) is 38.1 Å². The Hall–Kier alpha value is -2.72. The van der Waals surface area contributed by atoms with Crippen molar-refractivity contribution in [1.82, 2.24) is 0 Å². The second-order valence-electron chi connectivity index (χ2n) is 13.2. The molecule has 39 heavy (non-hydrogen) atoms. The van der Waals surface area contributed by atoms with Crippen molar-refractivity contribution in [3.63, 3.8) is 0 Å². The maximum atomic E-state index is 14.5. The molecule has 0 amide bonds. The van der Waals surface area contributed by atoms with Crippen molar-refractivity contribution in [2.45, 2.75) is 89.8 Å². The van der Waals surface area contributed by atoms with Crippen LogP contribution in [0.2, 0.25) is 0 Å². The minimum absolute atomic E-state index is 0.0570. The van der Waals surface area contributed by atoms with Crippen LogP contribution in [0.5, 0.6) is 0 Å². The summed E-state index contributed by atoms with van der Waals surface area (Å²) in [5.74, 6) is -3.44. The van der Waals surface area contributed by atoms with Crippen molar-refractivity contribution >= 4 is 23.7 Å². The van der Waals surface area contributed by atoms with Gasteiger partial charge in [-0.1, -0.05) is 27.7 Å². The van der Waals surface area contributed by atoms with E-state index in [4.69, 9.17) is 23.4 Å². The minimum atomic E-state index is -2.15. The number of hydrogen-bond donors (Lipinski definition) is 1. The van der Waals surface area contributed by atoms with E-state index in [0.717, 1.165) is 5.56 Å². The Kier molecular flexibility index (Phi) is 5.39. The van der Waals surface area contributed by atoms with Gasteiger partial charge in [0, 0.05) is 47.0 Å². The predicted octanol–water partition coefficient (Wildman–Crippen LogP) is 2.91. The molecule has 10 unspecified atom stereocenters. The number of ether oxygens (including phenoxy) is 4. The Labute approximate surface area is 226 Å². The van der Waals surface area contributed by atoms with Crippen molar-refractivity contribution in [1.29, 1.82) is 0 Å². The lowest BCUT2D eigenvalue weighted by molar-refractivity contribution is -0.250. The monoisotopic (exact) mass is 544 g/mol. The number of furan rings is 1. The van der Waals surface area contributed by atoms with E-state index in [1.807, 2.05) is 13.8 Å². The maximum Gasteiger partial charge on any atom is 0.306 e. The van der Waals surface area contributed by atoms with Crippen LogP contribution in [0.1, 0.15) is 72.0 Å². The van der Waals surface area contributed by atoms with Crippen molar-refractivity contribution < 1.29 is 47.6 Å². The molecule has 10 heteroatoms. The Balaban J connectivity index is 1.54. The van der Waals surface area contributed by atoms with Gasteiger partial charge in [-0.25, -0.2) is 0 Å². The van der Waals surface area contributed by atoms with Gasteiger partial charge in [-0.2, -0.15) is 0 Å². The fourth-order valence-electron chi connectivity index (χ4n) is 9.60. The van der Waals surface area contributed by atoms with Crippen LogP contribution in [0.4, 0.5) is 0 Å². The normalized spacial score (nSPS) is 47.2. The number of methoxy groups -OCH3 is 1. The zero-order valence-electron chi connectivity index (χ0n) is 23.1. The second-order valence-corrected chi connectivity index (χ2v) is 13.2. The number of carbonyl (C=O) groups excluding carboxylic acids is 4. The maximum absolute atomic E-state index is 14.5. The van der Waals surface area contributed by atoms with Gasteiger partial charge in [-0.15, -0.1) is 0 Å². The van der Waals surface area contributed by atoms with Gasteiger partial charge < -0.3 is 28.5 Å². The molecule has 10 nitrogen and oxygen atoms in total. The van der Waals surface area contributed by atoms with Gasteiger partial charge in [0.25, 0.3) is 0 Å². The number of ketones is 1. The molecule has 10 atom stereocenters. The number of cyclic esters (lactones) is 1. The zero-order valence-corrected chi connectivity index (χ0v) is 23.1. The van der Waals surface area contributed by atoms with Crippen LogP contribution in [0, 0.1) is 34.0 Å². The third-order valence-electron chi connectivity index (χ3n) is 11.2. The number of epoxide rings is 1. The van der Waals surface area contributed by atoms with Gasteiger partial charge in [-0.3, -0.25) is 19.2 Å². The fraction of sp³-hybridized carbons (Fsp3) is 0.724. The van der Waals surface area contributed by atoms with Gasteiger partial charge in [-0.05, 0) is 24.8 Å². The minimum Gasteiger partial charge on any atom is -0.472 e. The molecule has 1 aromatic rings. The molecule has 1 spiro atoms. The van der Waals surface area contributed by atoms with Crippen molar-refractivity contribution in [3.8, 4) is 0 Å². The molecule has 0 radical (unpaired) electrons. The summed E-state index contributed by atoms with van der Waals surface area (Å²) in [5, 5.41) is 12.4. The summed E-state index contributed by atoms with van der Waals surface area (Å²) < 4.78 is 28.5. The summed E-state index contributed by atoms with van der Waals surface area (Å²) in [5.41, 5.74) is -5.24. The first-order chi connectivity index (χ1) is 18.2. The summed E-state index contributed by atoms with van der Waals surface area (Å²) in [7, 11) is 1.29. The first-order valence-electron chi connectivity index (χ1n) is 13.6. The summed E-state index contributed by atoms with van der Waals surface area (Å²) >= 11 is 0. The van der Waals surface area contributed by atoms with Crippen LogP contribution < -0.4 is 0 Å². The molecule has 2 bridgehead atoms. The molecular formula is C29H36O10. The van der Waals surface area contributed by atoms with Gasteiger partial charge in [0.15, 0.2) is 11.4 Å². The van der Waals surface area contributed by atoms with Crippen LogP contribution in [-0.4, -0.2) is 59.3 Å². The quantitative estimate of drug-likeness (QED) is 0.342. The average Bonchev–Trinajstić information content (AvgIpc) is 3.36. The van der Waals surface area contributed by atoms with Crippen molar-refractivity contribution in [2.75, 3.05) is 7.11 Å². The summed E-state index contributed by atoms with van der Waals surface area (Å²) in [6, 6.07) is 1.78. The van der Waals surface area contributed by atoms with E-state index in [0.29, 0.717) is 12.8 Å². The Morgan fingerprint density at radius 1 is 1.15 bits per heavy atom. The smallest absolute Gasteiger partial charge is 0.306 e. The largest absolute Gasteiger partial charge is 0.472 e. The van der Waals surface area contributed by atoms with E-state index in [9.17, 15) is 24.3 Å². The Morgan fingerprint density at radius 2 is 1.87 bits per heavy atom. The van der Waals surface area contributed by atoms with E-state index >= 15 is 0 Å². The van der Waals surface area contributed by atoms with E-state index in [2.05, 4.69) is 6.92 Å². The Morgan fingerprint density at radius 3 is 2.49 bits per heavy atom. The number of carbonyl (C=O) groups is 4. The molecule has 3 saturated carbocycles. The van der Waals surface area contributed by atoms with E-state index in [-0.39, 0.29) is 18.8 Å². The molecule has 5 fully saturated rings. The molecule has 2 aliphatic heterocycles. The number of hydrogen-bond acceptors (Lipinski definition) is 10. The van der Waals surface area contributed by atoms with Crippen LogP contribution in [0.15, 0.2) is 23.0 Å². The highest BCUT2D eigenvalue weighted by molar-refractivity contribution is 5.98. The topological polar surface area (TPSA) is 142 Å². The van der Waals surface area contributed by atoms with Gasteiger partial charge in [0.2, 0.25) is 0 Å². The first kappa shape index (κ1) is 26.5. The van der Waals surface area contributed by atoms with E-state index in [1.165, 1.54) is 20.3 Å². The van der Waals surface area contributed by atoms with E-state index in [1.54, 1.807) is 19.3 Å². The summed E-state index contributed by atoms with van der Waals surface area (Å²) in [6.45, 7) is 8.73. The predicted molar refractivity (Wildman–Crippen MR) is 132 cm³/mol. The lowest BCUT2D eigenvalue weighted by Crippen LogP contribution is -2.80. The molecule has 1 N–H and O–H groups in total. The lowest BCUT2D eigenvalue weighted by atomic mass is 9.36. The van der Waals surface area contributed by atoms with Gasteiger partial charge >= 0.3 is 17.9 Å². The fourth-order valence-corrected chi connectivity index (χ4v) is 9.60. The number of fused-ring (bicyclic) bond motifs is 5. The molecule has 3 heterocycles. The molecular weight excluding hydrogens is 508 g/mol. The second kappa shape index (κ2) is 7.94. The summed E-state index contributed by atoms with van der Waals surface area (Å²) in [4.78, 5) is 52.6. The standard InChI is InChI=1S/C29H36O10/c1-14(30)37-23-25(2,3)17(11-19(31)35-6)27(5)16-7-9-26(4)18(29(16)24(39-29)28(23,34)22(27)33)12-20(32)38-21(26)15-8-10-36-13-15/h8,10,13,16-18,21,23-24,34H,7,9,11-12H2,1-6H3. The molecule has 6 rings (SSSR count). The molecule has 2 saturated heterocycles. The number of Topliss-reactive ketones (excluding diaryl/α,β-unsaturated/α-hetero) is 1.